The van der Waals surface area contributed by atoms with Crippen LogP contribution in [-0.4, -0.2) is 19.5 Å². The molecule has 68 valence electrons. The third-order valence-electron chi connectivity index (χ3n) is 1.62. The quantitative estimate of drug-likeness (QED) is 0.599. The lowest BCUT2D eigenvalue weighted by atomic mass is 10.3. The van der Waals surface area contributed by atoms with E-state index >= 15 is 0 Å². The molecule has 0 unspecified atom stereocenters. The molecule has 1 aliphatic heterocycles. The van der Waals surface area contributed by atoms with E-state index < -0.39 is 0 Å². The Kier molecular flexibility index (Phi) is 4.73. The van der Waals surface area contributed by atoms with Gasteiger partial charge in [-0.05, 0) is 12.5 Å². The molecule has 12 heavy (non-hydrogen) atoms. The van der Waals surface area contributed by atoms with Crippen LogP contribution in [0.5, 0.6) is 0 Å². The summed E-state index contributed by atoms with van der Waals surface area (Å²) in [7, 11) is 0. The molecule has 1 heterocycles. The van der Waals surface area contributed by atoms with Crippen molar-refractivity contribution in [1.29, 1.82) is 0 Å². The van der Waals surface area contributed by atoms with Crippen LogP contribution >= 0.6 is 0 Å². The fourth-order valence-electron chi connectivity index (χ4n) is 0.984. The second-order valence-electron chi connectivity index (χ2n) is 2.71. The van der Waals surface area contributed by atoms with E-state index in [1.807, 2.05) is 18.2 Å². The van der Waals surface area contributed by atoms with E-state index in [0.29, 0.717) is 13.2 Å². The van der Waals surface area contributed by atoms with Gasteiger partial charge in [-0.2, -0.15) is 0 Å². The molecule has 0 saturated carbocycles. The van der Waals surface area contributed by atoms with E-state index in [0.717, 1.165) is 6.42 Å². The Labute approximate surface area is 73.9 Å². The second-order valence-corrected chi connectivity index (χ2v) is 2.71. The average molecular weight is 168 g/mol. The van der Waals surface area contributed by atoms with Crippen molar-refractivity contribution >= 4 is 0 Å². The van der Waals surface area contributed by atoms with E-state index in [1.54, 1.807) is 0 Å². The van der Waals surface area contributed by atoms with E-state index in [9.17, 15) is 0 Å². The summed E-state index contributed by atoms with van der Waals surface area (Å²) >= 11 is 0. The van der Waals surface area contributed by atoms with Crippen molar-refractivity contribution < 1.29 is 9.47 Å². The largest absolute Gasteiger partial charge is 0.347 e. The molecule has 0 bridgehead atoms. The molecule has 0 atom stereocenters. The molecular formula is C10H16O2. The van der Waals surface area contributed by atoms with Crippen LogP contribution in [0.15, 0.2) is 24.3 Å². The van der Waals surface area contributed by atoms with Gasteiger partial charge in [0, 0.05) is 0 Å². The Bertz CT molecular complexity index is 155. The number of hydrogen-bond acceptors (Lipinski definition) is 2. The van der Waals surface area contributed by atoms with Crippen molar-refractivity contribution in [3.63, 3.8) is 0 Å². The summed E-state index contributed by atoms with van der Waals surface area (Å²) in [6.07, 6.45) is 10.3. The standard InChI is InChI=1S/C10H16O2/c1-2-3-4-5-6-7-10-11-8-9-12-10/h4-7,10H,2-3,8-9H2,1H3/b5-4+,7-6+. The molecule has 2 heteroatoms. The van der Waals surface area contributed by atoms with Crippen LogP contribution in [0.1, 0.15) is 19.8 Å². The van der Waals surface area contributed by atoms with Crippen molar-refractivity contribution in [3.8, 4) is 0 Å². The van der Waals surface area contributed by atoms with Crippen LogP contribution in [0.3, 0.4) is 0 Å². The molecule has 0 aromatic heterocycles. The average Bonchev–Trinajstić information content (AvgIpc) is 2.57. The molecule has 1 rings (SSSR count). The van der Waals surface area contributed by atoms with E-state index in [4.69, 9.17) is 9.47 Å². The summed E-state index contributed by atoms with van der Waals surface area (Å²) < 4.78 is 10.4. The van der Waals surface area contributed by atoms with Gasteiger partial charge < -0.3 is 9.47 Å². The van der Waals surface area contributed by atoms with Crippen molar-refractivity contribution in [3.05, 3.63) is 24.3 Å². The highest BCUT2D eigenvalue weighted by Gasteiger charge is 2.10. The molecule has 1 saturated heterocycles. The van der Waals surface area contributed by atoms with Gasteiger partial charge in [0.15, 0.2) is 6.29 Å². The van der Waals surface area contributed by atoms with E-state index in [-0.39, 0.29) is 6.29 Å². The highest BCUT2D eigenvalue weighted by Crippen LogP contribution is 2.04. The molecule has 0 aliphatic carbocycles. The maximum Gasteiger partial charge on any atom is 0.177 e. The number of ether oxygens (including phenoxy) is 2. The first-order valence-electron chi connectivity index (χ1n) is 4.50. The summed E-state index contributed by atoms with van der Waals surface area (Å²) in [6.45, 7) is 3.60. The molecule has 0 amide bonds. The van der Waals surface area contributed by atoms with Gasteiger partial charge in [-0.3, -0.25) is 0 Å². The molecule has 0 aromatic carbocycles. The van der Waals surface area contributed by atoms with Crippen LogP contribution in [0.25, 0.3) is 0 Å². The Morgan fingerprint density at radius 3 is 2.67 bits per heavy atom. The maximum atomic E-state index is 5.22. The third-order valence-corrected chi connectivity index (χ3v) is 1.62. The molecule has 1 aliphatic rings. The lowest BCUT2D eigenvalue weighted by molar-refractivity contribution is -0.00152. The minimum absolute atomic E-state index is 0.115. The summed E-state index contributed by atoms with van der Waals surface area (Å²) in [5.74, 6) is 0. The Balaban J connectivity index is 2.11. The maximum absolute atomic E-state index is 5.22. The molecule has 2 nitrogen and oxygen atoms in total. The Morgan fingerprint density at radius 1 is 1.25 bits per heavy atom. The SMILES string of the molecule is CCC/C=C/C=C/C1OCCO1. The minimum atomic E-state index is -0.115. The van der Waals surface area contributed by atoms with Crippen LogP contribution < -0.4 is 0 Å². The number of allylic oxidation sites excluding steroid dienone is 3. The Hall–Kier alpha value is -0.600. The van der Waals surface area contributed by atoms with E-state index in [1.165, 1.54) is 6.42 Å². The van der Waals surface area contributed by atoms with Crippen molar-refractivity contribution in [2.45, 2.75) is 26.1 Å². The highest BCUT2D eigenvalue weighted by molar-refractivity contribution is 5.03. The predicted octanol–water partition coefficient (Wildman–Crippen LogP) is 2.27. The fourth-order valence-corrected chi connectivity index (χ4v) is 0.984. The Morgan fingerprint density at radius 2 is 2.00 bits per heavy atom. The zero-order valence-electron chi connectivity index (χ0n) is 7.53. The molecule has 0 radical (unpaired) electrons. The normalized spacial score (nSPS) is 20.1. The van der Waals surface area contributed by atoms with Gasteiger partial charge in [0.1, 0.15) is 0 Å². The topological polar surface area (TPSA) is 18.5 Å². The van der Waals surface area contributed by atoms with Gasteiger partial charge in [0.2, 0.25) is 0 Å². The monoisotopic (exact) mass is 168 g/mol. The smallest absolute Gasteiger partial charge is 0.177 e. The molecular weight excluding hydrogens is 152 g/mol. The molecule has 0 spiro atoms. The molecule has 0 aromatic rings. The first-order valence-corrected chi connectivity index (χ1v) is 4.50. The zero-order chi connectivity index (χ0) is 8.65. The lowest BCUT2D eigenvalue weighted by Crippen LogP contribution is -2.01. The van der Waals surface area contributed by atoms with Crippen LogP contribution in [0.4, 0.5) is 0 Å². The molecule has 1 fully saturated rings. The number of unbranched alkanes of at least 4 members (excludes halogenated alkanes) is 1. The molecule has 0 N–H and O–H groups in total. The predicted molar refractivity (Wildman–Crippen MR) is 48.9 cm³/mol. The van der Waals surface area contributed by atoms with Crippen molar-refractivity contribution in [2.75, 3.05) is 13.2 Å². The zero-order valence-corrected chi connectivity index (χ0v) is 7.53. The summed E-state index contributed by atoms with van der Waals surface area (Å²) in [5.41, 5.74) is 0. The van der Waals surface area contributed by atoms with Gasteiger partial charge in [-0.15, -0.1) is 0 Å². The second kappa shape index (κ2) is 5.98. The van der Waals surface area contributed by atoms with Gasteiger partial charge in [0.25, 0.3) is 0 Å². The van der Waals surface area contributed by atoms with Crippen molar-refractivity contribution in [2.24, 2.45) is 0 Å². The van der Waals surface area contributed by atoms with Gasteiger partial charge in [-0.25, -0.2) is 0 Å². The lowest BCUT2D eigenvalue weighted by Gasteiger charge is -1.99. The van der Waals surface area contributed by atoms with Crippen LogP contribution in [0, 0.1) is 0 Å². The number of rotatable bonds is 4. The highest BCUT2D eigenvalue weighted by atomic mass is 16.7. The summed E-state index contributed by atoms with van der Waals surface area (Å²) in [6, 6.07) is 0. The summed E-state index contributed by atoms with van der Waals surface area (Å²) in [5, 5.41) is 0. The number of hydrogen-bond donors (Lipinski definition) is 0. The van der Waals surface area contributed by atoms with Gasteiger partial charge in [-0.1, -0.05) is 31.6 Å². The minimum Gasteiger partial charge on any atom is -0.347 e. The van der Waals surface area contributed by atoms with Crippen LogP contribution in [-0.2, 0) is 9.47 Å². The van der Waals surface area contributed by atoms with Crippen molar-refractivity contribution in [1.82, 2.24) is 0 Å². The van der Waals surface area contributed by atoms with Gasteiger partial charge >= 0.3 is 0 Å². The third kappa shape index (κ3) is 3.69. The first-order chi connectivity index (χ1) is 5.93. The van der Waals surface area contributed by atoms with Gasteiger partial charge in [0.05, 0.1) is 13.2 Å². The summed E-state index contributed by atoms with van der Waals surface area (Å²) in [4.78, 5) is 0. The first kappa shape index (κ1) is 9.49. The van der Waals surface area contributed by atoms with Crippen LogP contribution in [0.2, 0.25) is 0 Å². The van der Waals surface area contributed by atoms with E-state index in [2.05, 4.69) is 13.0 Å². The fraction of sp³-hybridized carbons (Fsp3) is 0.600.